The largest absolute Gasteiger partial charge is 0.377 e. The smallest absolute Gasteiger partial charge is 0.247 e. The molecule has 0 saturated carbocycles. The fraction of sp³-hybridized carbons (Fsp3) is 0.238. The molecule has 1 atom stereocenters. The van der Waals surface area contributed by atoms with Gasteiger partial charge in [0.1, 0.15) is 0 Å². The number of benzene rings is 2. The van der Waals surface area contributed by atoms with Crippen molar-refractivity contribution in [3.63, 3.8) is 0 Å². The minimum atomic E-state index is 0.0351. The SMILES string of the molecule is N#Cc1ccc(N2C(=O)CC3COCC=C3N2SCc2ccccc2)cc1. The van der Waals surface area contributed by atoms with E-state index in [0.717, 1.165) is 17.1 Å². The zero-order chi connectivity index (χ0) is 18.6. The van der Waals surface area contributed by atoms with Crippen LogP contribution in [0, 0.1) is 17.2 Å². The second-order valence-electron chi connectivity index (χ2n) is 6.46. The van der Waals surface area contributed by atoms with E-state index in [1.165, 1.54) is 5.56 Å². The number of hydrazine groups is 1. The van der Waals surface area contributed by atoms with Gasteiger partial charge in [0, 0.05) is 18.1 Å². The summed E-state index contributed by atoms with van der Waals surface area (Å²) < 4.78 is 7.56. The van der Waals surface area contributed by atoms with E-state index in [1.807, 2.05) is 34.7 Å². The molecule has 136 valence electrons. The van der Waals surface area contributed by atoms with Crippen molar-refractivity contribution in [2.24, 2.45) is 5.92 Å². The van der Waals surface area contributed by atoms with Gasteiger partial charge < -0.3 is 4.74 Å². The van der Waals surface area contributed by atoms with Gasteiger partial charge in [-0.1, -0.05) is 30.3 Å². The van der Waals surface area contributed by atoms with E-state index in [1.54, 1.807) is 29.1 Å². The van der Waals surface area contributed by atoms with Gasteiger partial charge in [0.25, 0.3) is 0 Å². The Hall–Kier alpha value is -2.75. The third-order valence-corrected chi connectivity index (χ3v) is 5.73. The highest BCUT2D eigenvalue weighted by molar-refractivity contribution is 7.96. The van der Waals surface area contributed by atoms with Crippen molar-refractivity contribution >= 4 is 23.5 Å². The summed E-state index contributed by atoms with van der Waals surface area (Å²) in [5, 5.41) is 10.8. The average Bonchev–Trinajstić information content (AvgIpc) is 2.72. The lowest BCUT2D eigenvalue weighted by atomic mass is 9.98. The number of rotatable bonds is 4. The second-order valence-corrected chi connectivity index (χ2v) is 7.36. The van der Waals surface area contributed by atoms with E-state index in [2.05, 4.69) is 24.3 Å². The van der Waals surface area contributed by atoms with Gasteiger partial charge in [0.15, 0.2) is 0 Å². The van der Waals surface area contributed by atoms with Crippen LogP contribution in [0.15, 0.2) is 66.4 Å². The number of fused-ring (bicyclic) bond motifs is 1. The summed E-state index contributed by atoms with van der Waals surface area (Å²) in [7, 11) is 0. The molecule has 0 bridgehead atoms. The predicted molar refractivity (Wildman–Crippen MR) is 105 cm³/mol. The molecule has 2 heterocycles. The zero-order valence-corrected chi connectivity index (χ0v) is 15.6. The van der Waals surface area contributed by atoms with E-state index in [4.69, 9.17) is 10.00 Å². The molecule has 27 heavy (non-hydrogen) atoms. The van der Waals surface area contributed by atoms with Crippen molar-refractivity contribution in [2.45, 2.75) is 12.2 Å². The van der Waals surface area contributed by atoms with Gasteiger partial charge in [-0.2, -0.15) is 5.26 Å². The summed E-state index contributed by atoms with van der Waals surface area (Å²) in [5.74, 6) is 0.878. The third-order valence-electron chi connectivity index (χ3n) is 4.64. The molecule has 1 saturated heterocycles. The fourth-order valence-corrected chi connectivity index (χ4v) is 4.42. The maximum Gasteiger partial charge on any atom is 0.247 e. The lowest BCUT2D eigenvalue weighted by molar-refractivity contribution is -0.123. The molecule has 1 fully saturated rings. The molecule has 1 unspecified atom stereocenters. The molecule has 0 spiro atoms. The van der Waals surface area contributed by atoms with Gasteiger partial charge in [-0.15, -0.1) is 0 Å². The van der Waals surface area contributed by atoms with E-state index in [0.29, 0.717) is 25.2 Å². The molecule has 5 nitrogen and oxygen atoms in total. The van der Waals surface area contributed by atoms with E-state index >= 15 is 0 Å². The number of anilines is 1. The first-order valence-electron chi connectivity index (χ1n) is 8.84. The maximum absolute atomic E-state index is 12.9. The second kappa shape index (κ2) is 7.87. The van der Waals surface area contributed by atoms with Crippen molar-refractivity contribution in [3.8, 4) is 6.07 Å². The normalized spacial score (nSPS) is 19.3. The molecule has 2 aliphatic heterocycles. The number of nitrogens with zero attached hydrogens (tertiary/aromatic N) is 3. The Morgan fingerprint density at radius 2 is 1.93 bits per heavy atom. The lowest BCUT2D eigenvalue weighted by Gasteiger charge is -2.44. The zero-order valence-electron chi connectivity index (χ0n) is 14.7. The lowest BCUT2D eigenvalue weighted by Crippen LogP contribution is -2.51. The van der Waals surface area contributed by atoms with Gasteiger partial charge in [-0.05, 0) is 47.9 Å². The number of amides is 1. The van der Waals surface area contributed by atoms with Crippen LogP contribution < -0.4 is 5.01 Å². The number of hydrogen-bond acceptors (Lipinski definition) is 5. The summed E-state index contributed by atoms with van der Waals surface area (Å²) >= 11 is 1.60. The van der Waals surface area contributed by atoms with Crippen LogP contribution in [0.3, 0.4) is 0 Å². The first kappa shape index (κ1) is 17.7. The van der Waals surface area contributed by atoms with Crippen LogP contribution in [-0.4, -0.2) is 23.5 Å². The van der Waals surface area contributed by atoms with Crippen molar-refractivity contribution in [2.75, 3.05) is 18.2 Å². The van der Waals surface area contributed by atoms with Crippen LogP contribution in [0.5, 0.6) is 0 Å². The van der Waals surface area contributed by atoms with Crippen LogP contribution in [0.4, 0.5) is 5.69 Å². The number of carbonyl (C=O) groups excluding carboxylic acids is 1. The molecule has 0 N–H and O–H groups in total. The highest BCUT2D eigenvalue weighted by Crippen LogP contribution is 2.39. The van der Waals surface area contributed by atoms with E-state index in [9.17, 15) is 4.79 Å². The van der Waals surface area contributed by atoms with Gasteiger partial charge in [-0.3, -0.25) is 4.79 Å². The quantitative estimate of drug-likeness (QED) is 0.757. The Morgan fingerprint density at radius 3 is 2.67 bits per heavy atom. The average molecular weight is 377 g/mol. The molecule has 2 aliphatic rings. The molecule has 2 aromatic rings. The number of nitriles is 1. The topological polar surface area (TPSA) is 56.6 Å². The Balaban J connectivity index is 1.66. The molecule has 0 aliphatic carbocycles. The van der Waals surface area contributed by atoms with Crippen molar-refractivity contribution in [1.29, 1.82) is 5.26 Å². The number of ether oxygens (including phenoxy) is 1. The summed E-state index contributed by atoms with van der Waals surface area (Å²) in [6, 6.07) is 19.5. The van der Waals surface area contributed by atoms with Crippen LogP contribution in [0.2, 0.25) is 0 Å². The van der Waals surface area contributed by atoms with Gasteiger partial charge in [-0.25, -0.2) is 9.42 Å². The summed E-state index contributed by atoms with van der Waals surface area (Å²) in [6.07, 6.45) is 2.49. The minimum absolute atomic E-state index is 0.0351. The minimum Gasteiger partial charge on any atom is -0.377 e. The van der Waals surface area contributed by atoms with Crippen molar-refractivity contribution in [3.05, 3.63) is 77.5 Å². The Kier molecular flexibility index (Phi) is 5.14. The number of hydrogen-bond donors (Lipinski definition) is 0. The standard InChI is InChI=1S/C21H19N3O2S/c22-13-16-6-8-19(9-7-16)23-21(25)12-18-14-26-11-10-20(18)24(23)27-15-17-4-2-1-3-5-17/h1-10,18H,11-12,14-15H2. The molecule has 2 aromatic carbocycles. The summed E-state index contributed by atoms with van der Waals surface area (Å²) in [6.45, 7) is 1.13. The fourth-order valence-electron chi connectivity index (χ4n) is 3.29. The molecule has 4 rings (SSSR count). The molecule has 1 amide bonds. The van der Waals surface area contributed by atoms with Crippen LogP contribution in [0.25, 0.3) is 0 Å². The Bertz CT molecular complexity index is 890. The Labute approximate surface area is 162 Å². The van der Waals surface area contributed by atoms with E-state index < -0.39 is 0 Å². The highest BCUT2D eigenvalue weighted by atomic mass is 32.2. The van der Waals surface area contributed by atoms with Crippen LogP contribution in [0.1, 0.15) is 17.5 Å². The van der Waals surface area contributed by atoms with Gasteiger partial charge in [0.2, 0.25) is 5.91 Å². The maximum atomic E-state index is 12.9. The summed E-state index contributed by atoms with van der Waals surface area (Å²) in [4.78, 5) is 12.9. The summed E-state index contributed by atoms with van der Waals surface area (Å²) in [5.41, 5.74) is 3.66. The monoisotopic (exact) mass is 377 g/mol. The number of carbonyl (C=O) groups is 1. The first-order valence-corrected chi connectivity index (χ1v) is 9.78. The highest BCUT2D eigenvalue weighted by Gasteiger charge is 2.38. The van der Waals surface area contributed by atoms with Gasteiger partial charge >= 0.3 is 0 Å². The molecular weight excluding hydrogens is 358 g/mol. The molecule has 0 aromatic heterocycles. The third kappa shape index (κ3) is 3.70. The molecule has 6 heteroatoms. The Morgan fingerprint density at radius 1 is 1.15 bits per heavy atom. The van der Waals surface area contributed by atoms with E-state index in [-0.39, 0.29) is 11.8 Å². The molecule has 0 radical (unpaired) electrons. The van der Waals surface area contributed by atoms with Gasteiger partial charge in [0.05, 0.1) is 36.2 Å². The van der Waals surface area contributed by atoms with Crippen LogP contribution in [-0.2, 0) is 15.3 Å². The first-order chi connectivity index (χ1) is 13.3. The van der Waals surface area contributed by atoms with Crippen LogP contribution >= 0.6 is 11.9 Å². The van der Waals surface area contributed by atoms with Crippen molar-refractivity contribution < 1.29 is 9.53 Å². The predicted octanol–water partition coefficient (Wildman–Crippen LogP) is 3.89. The van der Waals surface area contributed by atoms with Crippen molar-refractivity contribution in [1.82, 2.24) is 4.41 Å². The molecular formula is C21H19N3O2S.